The van der Waals surface area contributed by atoms with Crippen LogP contribution in [0.2, 0.25) is 0 Å². The van der Waals surface area contributed by atoms with E-state index in [1.54, 1.807) is 0 Å². The molecular weight excluding hydrogens is 294 g/mol. The minimum Gasteiger partial charge on any atom is -0.476 e. The van der Waals surface area contributed by atoms with Crippen LogP contribution in [0.4, 0.5) is 0 Å². The van der Waals surface area contributed by atoms with Gasteiger partial charge in [0.15, 0.2) is 5.69 Å². The minimum absolute atomic E-state index is 0.0151. The Kier molecular flexibility index (Phi) is 4.89. The highest BCUT2D eigenvalue weighted by atomic mass is 32.1. The molecule has 0 radical (unpaired) electrons. The molecular formula is C13H17N3O4S. The van der Waals surface area contributed by atoms with Crippen molar-refractivity contribution >= 4 is 29.1 Å². The van der Waals surface area contributed by atoms with Gasteiger partial charge in [0.1, 0.15) is 5.01 Å². The van der Waals surface area contributed by atoms with Gasteiger partial charge in [-0.05, 0) is 12.3 Å². The quantitative estimate of drug-likeness (QED) is 0.684. The van der Waals surface area contributed by atoms with Crippen molar-refractivity contribution in [2.75, 3.05) is 6.54 Å². The van der Waals surface area contributed by atoms with Crippen LogP contribution in [0.5, 0.6) is 0 Å². The van der Waals surface area contributed by atoms with Crippen LogP contribution in [0, 0.1) is 11.8 Å². The highest BCUT2D eigenvalue weighted by Gasteiger charge is 2.38. The van der Waals surface area contributed by atoms with Gasteiger partial charge in [-0.25, -0.2) is 9.78 Å². The SMILES string of the molecule is CC1CC1C(=O)NCCC(=O)NCc1nc(C(=O)O)cs1. The van der Waals surface area contributed by atoms with Gasteiger partial charge in [-0.2, -0.15) is 0 Å². The van der Waals surface area contributed by atoms with Crippen molar-refractivity contribution in [1.82, 2.24) is 15.6 Å². The standard InChI is InChI=1S/C13H17N3O4S/c1-7-4-8(7)12(18)14-3-2-10(17)15-5-11-16-9(6-21-11)13(19)20/h6-8H,2-5H2,1H3,(H,14,18)(H,15,17)(H,19,20). The number of aromatic carboxylic acids is 1. The van der Waals surface area contributed by atoms with Crippen LogP contribution in [0.25, 0.3) is 0 Å². The van der Waals surface area contributed by atoms with E-state index < -0.39 is 5.97 Å². The van der Waals surface area contributed by atoms with E-state index in [2.05, 4.69) is 15.6 Å². The van der Waals surface area contributed by atoms with Gasteiger partial charge in [0, 0.05) is 24.3 Å². The van der Waals surface area contributed by atoms with E-state index in [0.717, 1.165) is 6.42 Å². The predicted molar refractivity (Wildman–Crippen MR) is 75.8 cm³/mol. The summed E-state index contributed by atoms with van der Waals surface area (Å²) in [7, 11) is 0. The Hall–Kier alpha value is -1.96. The van der Waals surface area contributed by atoms with Gasteiger partial charge in [-0.1, -0.05) is 6.92 Å². The molecule has 1 fully saturated rings. The summed E-state index contributed by atoms with van der Waals surface area (Å²) >= 11 is 1.18. The molecule has 0 saturated heterocycles. The summed E-state index contributed by atoms with van der Waals surface area (Å²) in [6, 6.07) is 0. The first-order valence-corrected chi connectivity index (χ1v) is 7.57. The maximum Gasteiger partial charge on any atom is 0.355 e. The molecule has 0 bridgehead atoms. The van der Waals surface area contributed by atoms with Crippen molar-refractivity contribution in [3.63, 3.8) is 0 Å². The molecule has 1 heterocycles. The molecule has 1 aliphatic carbocycles. The maximum absolute atomic E-state index is 11.6. The number of rotatable bonds is 7. The number of carbonyl (C=O) groups is 3. The number of aromatic nitrogens is 1. The average molecular weight is 311 g/mol. The Labute approximate surface area is 125 Å². The van der Waals surface area contributed by atoms with Crippen LogP contribution in [0.3, 0.4) is 0 Å². The first kappa shape index (κ1) is 15.4. The first-order chi connectivity index (χ1) is 9.97. The smallest absolute Gasteiger partial charge is 0.355 e. The lowest BCUT2D eigenvalue weighted by Gasteiger charge is -2.05. The fraction of sp³-hybridized carbons (Fsp3) is 0.538. The number of carbonyl (C=O) groups excluding carboxylic acids is 2. The van der Waals surface area contributed by atoms with Gasteiger partial charge >= 0.3 is 5.97 Å². The van der Waals surface area contributed by atoms with Gasteiger partial charge in [0.05, 0.1) is 6.54 Å². The van der Waals surface area contributed by atoms with Crippen molar-refractivity contribution in [3.05, 3.63) is 16.1 Å². The van der Waals surface area contributed by atoms with E-state index in [0.29, 0.717) is 17.5 Å². The molecule has 2 unspecified atom stereocenters. The Balaban J connectivity index is 1.62. The normalized spacial score (nSPS) is 19.9. The summed E-state index contributed by atoms with van der Waals surface area (Å²) in [6.45, 7) is 2.53. The molecule has 0 spiro atoms. The van der Waals surface area contributed by atoms with E-state index >= 15 is 0 Å². The first-order valence-electron chi connectivity index (χ1n) is 6.69. The molecule has 1 aliphatic rings. The third-order valence-electron chi connectivity index (χ3n) is 3.31. The highest BCUT2D eigenvalue weighted by Crippen LogP contribution is 2.37. The Bertz CT molecular complexity index is 557. The molecule has 0 aromatic carbocycles. The fourth-order valence-electron chi connectivity index (χ4n) is 1.87. The maximum atomic E-state index is 11.6. The van der Waals surface area contributed by atoms with Crippen LogP contribution in [-0.4, -0.2) is 34.4 Å². The third-order valence-corrected chi connectivity index (χ3v) is 4.15. The molecule has 2 rings (SSSR count). The monoisotopic (exact) mass is 311 g/mol. The van der Waals surface area contributed by atoms with E-state index in [9.17, 15) is 14.4 Å². The lowest BCUT2D eigenvalue weighted by molar-refractivity contribution is -0.123. The van der Waals surface area contributed by atoms with Crippen molar-refractivity contribution in [2.45, 2.75) is 26.3 Å². The molecule has 0 aliphatic heterocycles. The highest BCUT2D eigenvalue weighted by molar-refractivity contribution is 7.09. The van der Waals surface area contributed by atoms with Gasteiger partial charge in [0.2, 0.25) is 11.8 Å². The number of hydrogen-bond acceptors (Lipinski definition) is 5. The summed E-state index contributed by atoms with van der Waals surface area (Å²) in [4.78, 5) is 37.6. The lowest BCUT2D eigenvalue weighted by Crippen LogP contribution is -2.31. The van der Waals surface area contributed by atoms with E-state index in [1.165, 1.54) is 16.7 Å². The minimum atomic E-state index is -1.08. The van der Waals surface area contributed by atoms with Crippen LogP contribution in [-0.2, 0) is 16.1 Å². The summed E-state index contributed by atoms with van der Waals surface area (Å²) < 4.78 is 0. The number of thiazole rings is 1. The third kappa shape index (κ3) is 4.52. The van der Waals surface area contributed by atoms with E-state index in [1.807, 2.05) is 6.92 Å². The van der Waals surface area contributed by atoms with Crippen molar-refractivity contribution in [1.29, 1.82) is 0 Å². The van der Waals surface area contributed by atoms with E-state index in [-0.39, 0.29) is 36.4 Å². The van der Waals surface area contributed by atoms with Crippen molar-refractivity contribution in [3.8, 4) is 0 Å². The molecule has 114 valence electrons. The topological polar surface area (TPSA) is 108 Å². The Morgan fingerprint density at radius 3 is 2.71 bits per heavy atom. The molecule has 21 heavy (non-hydrogen) atoms. The summed E-state index contributed by atoms with van der Waals surface area (Å²) in [5, 5.41) is 16.1. The van der Waals surface area contributed by atoms with Gasteiger partial charge in [0.25, 0.3) is 0 Å². The largest absolute Gasteiger partial charge is 0.476 e. The second-order valence-corrected chi connectivity index (χ2v) is 6.01. The molecule has 7 nitrogen and oxygen atoms in total. The number of nitrogens with one attached hydrogen (secondary N) is 2. The fourth-order valence-corrected chi connectivity index (χ4v) is 2.58. The molecule has 1 aromatic rings. The summed E-state index contributed by atoms with van der Waals surface area (Å²) in [5.74, 6) is -0.710. The number of carboxylic acid groups (broad SMARTS) is 1. The Morgan fingerprint density at radius 2 is 2.14 bits per heavy atom. The molecule has 3 N–H and O–H groups in total. The zero-order valence-corrected chi connectivity index (χ0v) is 12.4. The zero-order valence-electron chi connectivity index (χ0n) is 11.6. The molecule has 2 amide bonds. The molecule has 1 aromatic heterocycles. The van der Waals surface area contributed by atoms with Crippen molar-refractivity contribution < 1.29 is 19.5 Å². The second kappa shape index (κ2) is 6.66. The predicted octanol–water partition coefficient (Wildman–Crippen LogP) is 0.620. The van der Waals surface area contributed by atoms with Gasteiger partial charge in [-0.3, -0.25) is 9.59 Å². The van der Waals surface area contributed by atoms with Crippen LogP contribution in [0.15, 0.2) is 5.38 Å². The van der Waals surface area contributed by atoms with E-state index in [4.69, 9.17) is 5.11 Å². The summed E-state index contributed by atoms with van der Waals surface area (Å²) in [5.41, 5.74) is -0.0185. The van der Waals surface area contributed by atoms with Crippen molar-refractivity contribution in [2.24, 2.45) is 11.8 Å². The molecule has 2 atom stereocenters. The number of nitrogens with zero attached hydrogens (tertiary/aromatic N) is 1. The van der Waals surface area contributed by atoms with Gasteiger partial charge in [-0.15, -0.1) is 11.3 Å². The summed E-state index contributed by atoms with van der Waals surface area (Å²) in [6.07, 6.45) is 1.12. The number of amides is 2. The molecule has 1 saturated carbocycles. The number of hydrogen-bond donors (Lipinski definition) is 3. The van der Waals surface area contributed by atoms with Gasteiger partial charge < -0.3 is 15.7 Å². The lowest BCUT2D eigenvalue weighted by atomic mass is 10.3. The van der Waals surface area contributed by atoms with Crippen LogP contribution in [0.1, 0.15) is 35.3 Å². The van der Waals surface area contributed by atoms with Crippen LogP contribution >= 0.6 is 11.3 Å². The number of carboxylic acids is 1. The molecule has 8 heteroatoms. The Morgan fingerprint density at radius 1 is 1.43 bits per heavy atom. The zero-order chi connectivity index (χ0) is 15.4. The average Bonchev–Trinajstić information content (AvgIpc) is 2.98. The second-order valence-electron chi connectivity index (χ2n) is 5.07. The van der Waals surface area contributed by atoms with Crippen LogP contribution < -0.4 is 10.6 Å².